The van der Waals surface area contributed by atoms with E-state index in [0.29, 0.717) is 11.5 Å². The SMILES string of the molecule is C=C(C)OC(=O)N[C@@H](CO)CSC(C)(C)C. The third-order valence-corrected chi connectivity index (χ3v) is 2.96. The molecule has 0 fully saturated rings. The molecule has 0 aromatic carbocycles. The van der Waals surface area contributed by atoms with Gasteiger partial charge < -0.3 is 15.2 Å². The van der Waals surface area contributed by atoms with Crippen molar-refractivity contribution in [3.05, 3.63) is 12.3 Å². The number of aliphatic hydroxyl groups is 1. The number of carbonyl (C=O) groups is 1. The van der Waals surface area contributed by atoms with Crippen molar-refractivity contribution in [2.45, 2.75) is 38.5 Å². The molecule has 0 aliphatic carbocycles. The first-order chi connectivity index (χ1) is 7.24. The molecule has 0 aromatic heterocycles. The summed E-state index contributed by atoms with van der Waals surface area (Å²) in [5.74, 6) is 0.975. The predicted octanol–water partition coefficient (Wildman–Crippen LogP) is 2.14. The second kappa shape index (κ2) is 6.81. The van der Waals surface area contributed by atoms with Gasteiger partial charge in [-0.3, -0.25) is 0 Å². The summed E-state index contributed by atoms with van der Waals surface area (Å²) < 4.78 is 4.85. The number of thioether (sulfide) groups is 1. The van der Waals surface area contributed by atoms with Gasteiger partial charge in [-0.1, -0.05) is 27.4 Å². The Morgan fingerprint density at radius 3 is 2.50 bits per heavy atom. The summed E-state index contributed by atoms with van der Waals surface area (Å²) >= 11 is 1.67. The number of ether oxygens (including phenoxy) is 1. The molecular weight excluding hydrogens is 226 g/mol. The zero-order valence-corrected chi connectivity index (χ0v) is 11.2. The van der Waals surface area contributed by atoms with Gasteiger partial charge in [0.2, 0.25) is 0 Å². The Bertz CT molecular complexity index is 248. The van der Waals surface area contributed by atoms with Gasteiger partial charge >= 0.3 is 6.09 Å². The topological polar surface area (TPSA) is 58.6 Å². The van der Waals surface area contributed by atoms with Crippen LogP contribution in [-0.2, 0) is 4.74 Å². The fraction of sp³-hybridized carbons (Fsp3) is 0.727. The molecule has 0 spiro atoms. The lowest BCUT2D eigenvalue weighted by Gasteiger charge is -2.22. The largest absolute Gasteiger partial charge is 0.416 e. The monoisotopic (exact) mass is 247 g/mol. The minimum absolute atomic E-state index is 0.103. The molecule has 1 atom stereocenters. The first kappa shape index (κ1) is 15.3. The molecule has 2 N–H and O–H groups in total. The van der Waals surface area contributed by atoms with Gasteiger partial charge in [-0.15, -0.1) is 0 Å². The molecule has 0 radical (unpaired) electrons. The van der Waals surface area contributed by atoms with Crippen molar-refractivity contribution >= 4 is 17.9 Å². The van der Waals surface area contributed by atoms with Crippen LogP contribution in [0.1, 0.15) is 27.7 Å². The third-order valence-electron chi connectivity index (χ3n) is 1.53. The van der Waals surface area contributed by atoms with Gasteiger partial charge in [0.05, 0.1) is 18.4 Å². The van der Waals surface area contributed by atoms with E-state index in [0.717, 1.165) is 0 Å². The first-order valence-corrected chi connectivity index (χ1v) is 6.12. The number of hydrogen-bond acceptors (Lipinski definition) is 4. The fourth-order valence-electron chi connectivity index (χ4n) is 0.845. The van der Waals surface area contributed by atoms with E-state index in [-0.39, 0.29) is 17.4 Å². The van der Waals surface area contributed by atoms with E-state index in [1.165, 1.54) is 0 Å². The minimum Gasteiger partial charge on any atom is -0.416 e. The summed E-state index contributed by atoms with van der Waals surface area (Å²) in [5, 5.41) is 11.7. The fourth-order valence-corrected chi connectivity index (χ4v) is 1.73. The van der Waals surface area contributed by atoms with E-state index >= 15 is 0 Å². The number of nitrogens with one attached hydrogen (secondary N) is 1. The van der Waals surface area contributed by atoms with Crippen LogP contribution in [0.2, 0.25) is 0 Å². The molecule has 94 valence electrons. The summed E-state index contributed by atoms with van der Waals surface area (Å²) in [5.41, 5.74) is 0. The average molecular weight is 247 g/mol. The van der Waals surface area contributed by atoms with Crippen LogP contribution < -0.4 is 5.32 Å². The summed E-state index contributed by atoms with van der Waals surface area (Å²) in [6.07, 6.45) is -0.568. The van der Waals surface area contributed by atoms with Gasteiger partial charge in [-0.25, -0.2) is 4.79 Å². The Balaban J connectivity index is 4.01. The van der Waals surface area contributed by atoms with Crippen LogP contribution in [0.3, 0.4) is 0 Å². The number of allylic oxidation sites excluding steroid dienone is 1. The molecule has 0 aromatic rings. The molecule has 4 nitrogen and oxygen atoms in total. The summed E-state index contributed by atoms with van der Waals surface area (Å²) in [6, 6.07) is -0.295. The smallest absolute Gasteiger partial charge is 0.412 e. The van der Waals surface area contributed by atoms with Crippen molar-refractivity contribution in [2.75, 3.05) is 12.4 Å². The van der Waals surface area contributed by atoms with Crippen LogP contribution in [0.4, 0.5) is 4.79 Å². The normalized spacial score (nSPS) is 13.1. The Morgan fingerprint density at radius 1 is 1.56 bits per heavy atom. The molecule has 16 heavy (non-hydrogen) atoms. The van der Waals surface area contributed by atoms with Crippen LogP contribution in [0, 0.1) is 0 Å². The Kier molecular flexibility index (Phi) is 6.52. The van der Waals surface area contributed by atoms with E-state index < -0.39 is 6.09 Å². The molecule has 0 saturated heterocycles. The predicted molar refractivity (Wildman–Crippen MR) is 67.5 cm³/mol. The number of alkyl carbamates (subject to hydrolysis) is 1. The second-order valence-electron chi connectivity index (χ2n) is 4.54. The number of amides is 1. The maximum atomic E-state index is 11.2. The van der Waals surface area contributed by atoms with Crippen molar-refractivity contribution in [3.8, 4) is 0 Å². The van der Waals surface area contributed by atoms with Gasteiger partial charge in [-0.2, -0.15) is 11.8 Å². The maximum Gasteiger partial charge on any atom is 0.412 e. The lowest BCUT2D eigenvalue weighted by Crippen LogP contribution is -2.40. The van der Waals surface area contributed by atoms with Crippen LogP contribution in [0.15, 0.2) is 12.3 Å². The lowest BCUT2D eigenvalue weighted by molar-refractivity contribution is 0.165. The van der Waals surface area contributed by atoms with Gasteiger partial charge in [0, 0.05) is 10.5 Å². The number of hydrogen-bond donors (Lipinski definition) is 2. The molecular formula is C11H21NO3S. The minimum atomic E-state index is -0.568. The van der Waals surface area contributed by atoms with Crippen LogP contribution >= 0.6 is 11.8 Å². The van der Waals surface area contributed by atoms with Crippen molar-refractivity contribution in [1.82, 2.24) is 5.32 Å². The van der Waals surface area contributed by atoms with E-state index in [2.05, 4.69) is 32.7 Å². The van der Waals surface area contributed by atoms with E-state index in [1.54, 1.807) is 18.7 Å². The molecule has 0 heterocycles. The van der Waals surface area contributed by atoms with Crippen molar-refractivity contribution in [3.63, 3.8) is 0 Å². The summed E-state index contributed by atoms with van der Waals surface area (Å²) in [4.78, 5) is 11.2. The highest BCUT2D eigenvalue weighted by Gasteiger charge is 2.17. The maximum absolute atomic E-state index is 11.2. The third kappa shape index (κ3) is 8.61. The summed E-state index contributed by atoms with van der Waals surface area (Å²) in [6.45, 7) is 11.2. The van der Waals surface area contributed by atoms with Gasteiger partial charge in [0.15, 0.2) is 0 Å². The molecule has 1 amide bonds. The first-order valence-electron chi connectivity index (χ1n) is 5.13. The van der Waals surface area contributed by atoms with Gasteiger partial charge in [0.1, 0.15) is 0 Å². The molecule has 5 heteroatoms. The standard InChI is InChI=1S/C11H21NO3S/c1-8(2)15-10(14)12-9(6-13)7-16-11(3,4)5/h9,13H,1,6-7H2,2-5H3,(H,12,14)/t9-/m0/s1. The Hall–Kier alpha value is -0.680. The molecule has 0 saturated carbocycles. The number of rotatable bonds is 5. The van der Waals surface area contributed by atoms with E-state index in [4.69, 9.17) is 9.84 Å². The van der Waals surface area contributed by atoms with Crippen LogP contribution in [0.5, 0.6) is 0 Å². The Labute approximate surface area is 101 Å². The second-order valence-corrected chi connectivity index (χ2v) is 6.39. The molecule has 0 aliphatic rings. The van der Waals surface area contributed by atoms with Crippen LogP contribution in [-0.4, -0.2) is 34.3 Å². The van der Waals surface area contributed by atoms with Crippen LogP contribution in [0.25, 0.3) is 0 Å². The number of carbonyl (C=O) groups excluding carboxylic acids is 1. The van der Waals surface area contributed by atoms with Crippen molar-refractivity contribution in [1.29, 1.82) is 0 Å². The van der Waals surface area contributed by atoms with Crippen molar-refractivity contribution in [2.24, 2.45) is 0 Å². The molecule has 0 rings (SSSR count). The van der Waals surface area contributed by atoms with E-state index in [1.807, 2.05) is 0 Å². The number of aliphatic hydroxyl groups excluding tert-OH is 1. The summed E-state index contributed by atoms with van der Waals surface area (Å²) in [7, 11) is 0. The van der Waals surface area contributed by atoms with Crippen molar-refractivity contribution < 1.29 is 14.6 Å². The zero-order valence-electron chi connectivity index (χ0n) is 10.4. The zero-order chi connectivity index (χ0) is 12.8. The average Bonchev–Trinajstić information content (AvgIpc) is 2.09. The van der Waals surface area contributed by atoms with Gasteiger partial charge in [0.25, 0.3) is 0 Å². The quantitative estimate of drug-likeness (QED) is 0.731. The van der Waals surface area contributed by atoms with Gasteiger partial charge in [-0.05, 0) is 6.92 Å². The highest BCUT2D eigenvalue weighted by atomic mass is 32.2. The van der Waals surface area contributed by atoms with E-state index in [9.17, 15) is 4.79 Å². The highest BCUT2D eigenvalue weighted by Crippen LogP contribution is 2.23. The Morgan fingerprint density at radius 2 is 2.12 bits per heavy atom. The molecule has 0 unspecified atom stereocenters. The molecule has 0 aliphatic heterocycles. The lowest BCUT2D eigenvalue weighted by atomic mass is 10.3. The molecule has 0 bridgehead atoms. The highest BCUT2D eigenvalue weighted by molar-refractivity contribution is 8.00.